The van der Waals surface area contributed by atoms with Crippen molar-refractivity contribution in [2.75, 3.05) is 24.4 Å². The molecule has 1 aromatic carbocycles. The summed E-state index contributed by atoms with van der Waals surface area (Å²) in [5.41, 5.74) is 0.741. The molecule has 88 valence electrons. The molecule has 0 saturated heterocycles. The second-order valence-electron chi connectivity index (χ2n) is 3.14. The highest BCUT2D eigenvalue weighted by atomic mass is 79.9. The van der Waals surface area contributed by atoms with Crippen molar-refractivity contribution in [2.45, 2.75) is 6.42 Å². The SMILES string of the molecule is COc1ccc(Br)c(NC(=O)CCSC)c1. The zero-order valence-corrected chi connectivity index (χ0v) is 11.7. The van der Waals surface area contributed by atoms with Crippen LogP contribution in [0.25, 0.3) is 0 Å². The van der Waals surface area contributed by atoms with E-state index in [1.165, 1.54) is 0 Å². The predicted octanol–water partition coefficient (Wildman–Crippen LogP) is 3.15. The average Bonchev–Trinajstić information content (AvgIpc) is 2.29. The van der Waals surface area contributed by atoms with Gasteiger partial charge in [0.25, 0.3) is 0 Å². The van der Waals surface area contributed by atoms with Gasteiger partial charge in [-0.3, -0.25) is 4.79 Å². The summed E-state index contributed by atoms with van der Waals surface area (Å²) in [5.74, 6) is 1.57. The minimum Gasteiger partial charge on any atom is -0.497 e. The van der Waals surface area contributed by atoms with Gasteiger partial charge in [0, 0.05) is 22.7 Å². The third-order valence-electron chi connectivity index (χ3n) is 1.98. The molecule has 0 aliphatic heterocycles. The van der Waals surface area contributed by atoms with Crippen molar-refractivity contribution >= 4 is 39.3 Å². The largest absolute Gasteiger partial charge is 0.497 e. The van der Waals surface area contributed by atoms with E-state index in [9.17, 15) is 4.79 Å². The molecule has 1 aromatic rings. The average molecular weight is 304 g/mol. The minimum absolute atomic E-state index is 0.0169. The molecule has 0 spiro atoms. The van der Waals surface area contributed by atoms with Crippen LogP contribution in [0.15, 0.2) is 22.7 Å². The molecule has 1 N–H and O–H groups in total. The number of ether oxygens (including phenoxy) is 1. The quantitative estimate of drug-likeness (QED) is 0.908. The van der Waals surface area contributed by atoms with Crippen LogP contribution in [-0.2, 0) is 4.79 Å². The second-order valence-corrected chi connectivity index (χ2v) is 4.98. The van der Waals surface area contributed by atoms with Crippen molar-refractivity contribution in [1.29, 1.82) is 0 Å². The molecule has 0 aliphatic rings. The third kappa shape index (κ3) is 4.06. The first-order valence-electron chi connectivity index (χ1n) is 4.79. The molecule has 1 rings (SSSR count). The number of methoxy groups -OCH3 is 1. The van der Waals surface area contributed by atoms with Gasteiger partial charge in [0.1, 0.15) is 5.75 Å². The summed E-state index contributed by atoms with van der Waals surface area (Å²) in [4.78, 5) is 11.5. The third-order valence-corrected chi connectivity index (χ3v) is 3.28. The van der Waals surface area contributed by atoms with Gasteiger partial charge in [0.2, 0.25) is 5.91 Å². The molecule has 0 aliphatic carbocycles. The molecule has 0 saturated carbocycles. The zero-order chi connectivity index (χ0) is 12.0. The predicted molar refractivity (Wildman–Crippen MR) is 72.3 cm³/mol. The number of nitrogens with one attached hydrogen (secondary N) is 1. The second kappa shape index (κ2) is 6.81. The monoisotopic (exact) mass is 303 g/mol. The molecule has 16 heavy (non-hydrogen) atoms. The molecule has 5 heteroatoms. The first-order chi connectivity index (χ1) is 7.67. The van der Waals surface area contributed by atoms with Crippen LogP contribution in [0.3, 0.4) is 0 Å². The van der Waals surface area contributed by atoms with Crippen LogP contribution in [0.1, 0.15) is 6.42 Å². The Morgan fingerprint density at radius 2 is 2.31 bits per heavy atom. The van der Waals surface area contributed by atoms with E-state index in [0.717, 1.165) is 21.7 Å². The van der Waals surface area contributed by atoms with E-state index in [2.05, 4.69) is 21.2 Å². The van der Waals surface area contributed by atoms with Gasteiger partial charge in [-0.25, -0.2) is 0 Å². The van der Waals surface area contributed by atoms with E-state index in [-0.39, 0.29) is 5.91 Å². The Bertz CT molecular complexity index is 371. The summed E-state index contributed by atoms with van der Waals surface area (Å²) in [6.45, 7) is 0. The number of benzene rings is 1. The molecule has 0 bridgehead atoms. The first-order valence-corrected chi connectivity index (χ1v) is 6.98. The van der Waals surface area contributed by atoms with Crippen LogP contribution in [0.2, 0.25) is 0 Å². The van der Waals surface area contributed by atoms with Crippen molar-refractivity contribution < 1.29 is 9.53 Å². The molecule has 3 nitrogen and oxygen atoms in total. The lowest BCUT2D eigenvalue weighted by Crippen LogP contribution is -2.12. The Morgan fingerprint density at radius 1 is 1.56 bits per heavy atom. The topological polar surface area (TPSA) is 38.3 Å². The Balaban J connectivity index is 2.68. The van der Waals surface area contributed by atoms with Crippen molar-refractivity contribution in [3.63, 3.8) is 0 Å². The van der Waals surface area contributed by atoms with Gasteiger partial charge in [-0.2, -0.15) is 11.8 Å². The number of anilines is 1. The highest BCUT2D eigenvalue weighted by molar-refractivity contribution is 9.10. The highest BCUT2D eigenvalue weighted by Gasteiger charge is 2.06. The molecule has 1 amide bonds. The Labute approximate surface area is 108 Å². The molecule has 0 fully saturated rings. The number of hydrogen-bond acceptors (Lipinski definition) is 3. The number of thioether (sulfide) groups is 1. The molecule has 0 radical (unpaired) electrons. The molecule has 0 atom stereocenters. The van der Waals surface area contributed by atoms with Gasteiger partial charge in [-0.1, -0.05) is 0 Å². The lowest BCUT2D eigenvalue weighted by molar-refractivity contribution is -0.115. The number of carbonyl (C=O) groups is 1. The number of hydrogen-bond donors (Lipinski definition) is 1. The summed E-state index contributed by atoms with van der Waals surface area (Å²) in [6.07, 6.45) is 2.50. The summed E-state index contributed by atoms with van der Waals surface area (Å²) in [5, 5.41) is 2.84. The fourth-order valence-electron chi connectivity index (χ4n) is 1.13. The van der Waals surface area contributed by atoms with Gasteiger partial charge < -0.3 is 10.1 Å². The Morgan fingerprint density at radius 3 is 2.94 bits per heavy atom. The van der Waals surface area contributed by atoms with Crippen molar-refractivity contribution in [1.82, 2.24) is 0 Å². The van der Waals surface area contributed by atoms with E-state index in [1.54, 1.807) is 24.9 Å². The van der Waals surface area contributed by atoms with Gasteiger partial charge in [0.15, 0.2) is 0 Å². The van der Waals surface area contributed by atoms with Crippen LogP contribution in [-0.4, -0.2) is 25.0 Å². The standard InChI is InChI=1S/C11H14BrNO2S/c1-15-8-3-4-9(12)10(7-8)13-11(14)5-6-16-2/h3-4,7H,5-6H2,1-2H3,(H,13,14). The maximum Gasteiger partial charge on any atom is 0.225 e. The van der Waals surface area contributed by atoms with Gasteiger partial charge in [-0.05, 0) is 34.3 Å². The smallest absolute Gasteiger partial charge is 0.225 e. The van der Waals surface area contributed by atoms with E-state index >= 15 is 0 Å². The fourth-order valence-corrected chi connectivity index (χ4v) is 1.87. The lowest BCUT2D eigenvalue weighted by Gasteiger charge is -2.08. The number of carbonyl (C=O) groups excluding carboxylic acids is 1. The van der Waals surface area contributed by atoms with Gasteiger partial charge in [-0.15, -0.1) is 0 Å². The minimum atomic E-state index is 0.0169. The fraction of sp³-hybridized carbons (Fsp3) is 0.364. The normalized spacial score (nSPS) is 9.94. The van der Waals surface area contributed by atoms with Crippen LogP contribution in [0, 0.1) is 0 Å². The molecular formula is C11H14BrNO2S. The molecule has 0 unspecified atom stereocenters. The van der Waals surface area contributed by atoms with E-state index in [1.807, 2.05) is 18.4 Å². The maximum atomic E-state index is 11.5. The van der Waals surface area contributed by atoms with Gasteiger partial charge in [0.05, 0.1) is 12.8 Å². The van der Waals surface area contributed by atoms with E-state index in [0.29, 0.717) is 6.42 Å². The van der Waals surface area contributed by atoms with Crippen molar-refractivity contribution in [3.05, 3.63) is 22.7 Å². The lowest BCUT2D eigenvalue weighted by atomic mass is 10.3. The Hall–Kier alpha value is -0.680. The van der Waals surface area contributed by atoms with Crippen LogP contribution in [0.4, 0.5) is 5.69 Å². The zero-order valence-electron chi connectivity index (χ0n) is 9.25. The molecular weight excluding hydrogens is 290 g/mol. The summed E-state index contributed by atoms with van der Waals surface area (Å²) in [7, 11) is 1.60. The highest BCUT2D eigenvalue weighted by Crippen LogP contribution is 2.27. The van der Waals surface area contributed by atoms with Crippen LogP contribution < -0.4 is 10.1 Å². The molecule has 0 heterocycles. The van der Waals surface area contributed by atoms with Gasteiger partial charge >= 0.3 is 0 Å². The number of halogens is 1. The van der Waals surface area contributed by atoms with E-state index < -0.39 is 0 Å². The summed E-state index contributed by atoms with van der Waals surface area (Å²) in [6, 6.07) is 5.48. The first kappa shape index (κ1) is 13.4. The van der Waals surface area contributed by atoms with Crippen LogP contribution >= 0.6 is 27.7 Å². The molecule has 0 aromatic heterocycles. The number of amides is 1. The summed E-state index contributed by atoms with van der Waals surface area (Å²) < 4.78 is 5.95. The van der Waals surface area contributed by atoms with E-state index in [4.69, 9.17) is 4.74 Å². The van der Waals surface area contributed by atoms with Crippen molar-refractivity contribution in [3.8, 4) is 5.75 Å². The number of rotatable bonds is 5. The van der Waals surface area contributed by atoms with Crippen LogP contribution in [0.5, 0.6) is 5.75 Å². The summed E-state index contributed by atoms with van der Waals surface area (Å²) >= 11 is 5.04. The maximum absolute atomic E-state index is 11.5. The van der Waals surface area contributed by atoms with Crippen molar-refractivity contribution in [2.24, 2.45) is 0 Å². The Kier molecular flexibility index (Phi) is 5.69.